The van der Waals surface area contributed by atoms with E-state index in [4.69, 9.17) is 15.2 Å². The molecule has 4 saturated carbocycles. The predicted octanol–water partition coefficient (Wildman–Crippen LogP) is 2.83. The number of nitrogens with zero attached hydrogens (tertiary/aromatic N) is 2. The van der Waals surface area contributed by atoms with Crippen molar-refractivity contribution in [1.82, 2.24) is 20.4 Å². The first-order chi connectivity index (χ1) is 16.4. The summed E-state index contributed by atoms with van der Waals surface area (Å²) in [6.07, 6.45) is 8.46. The summed E-state index contributed by atoms with van der Waals surface area (Å²) in [7, 11) is 0. The summed E-state index contributed by atoms with van der Waals surface area (Å²) in [5.74, 6) is 0.963. The normalized spacial score (nSPS) is 29.4. The van der Waals surface area contributed by atoms with E-state index in [1.54, 1.807) is 12.3 Å². The fourth-order valence-corrected chi connectivity index (χ4v) is 6.46. The topological polar surface area (TPSA) is 138 Å². The van der Waals surface area contributed by atoms with Gasteiger partial charge >= 0.3 is 6.09 Å². The van der Waals surface area contributed by atoms with Crippen LogP contribution in [0.1, 0.15) is 77.1 Å². The minimum atomic E-state index is -0.717. The van der Waals surface area contributed by atoms with Gasteiger partial charge in [0.15, 0.2) is 0 Å². The van der Waals surface area contributed by atoms with Crippen LogP contribution in [-0.4, -0.2) is 51.0 Å². The Bertz CT molecular complexity index is 1010. The molecule has 4 bridgehead atoms. The Kier molecular flexibility index (Phi) is 6.59. The van der Waals surface area contributed by atoms with E-state index in [9.17, 15) is 14.4 Å². The number of aromatic nitrogens is 2. The highest BCUT2D eigenvalue weighted by molar-refractivity contribution is 5.96. The van der Waals surface area contributed by atoms with Crippen LogP contribution in [0.15, 0.2) is 12.3 Å². The molecule has 0 aliphatic heterocycles. The highest BCUT2D eigenvalue weighted by Crippen LogP contribution is 2.57. The SMILES string of the molecule is CC(=O)NC(C)(C)/C=C/n1ncc(C(=O)NC2C3CC4CC2CC(OC(N)=O)(C4)C3)c1OC(C)C. The van der Waals surface area contributed by atoms with Crippen LogP contribution in [0.4, 0.5) is 4.79 Å². The van der Waals surface area contributed by atoms with E-state index in [1.165, 1.54) is 17.8 Å². The van der Waals surface area contributed by atoms with Gasteiger partial charge in [0.25, 0.3) is 5.91 Å². The van der Waals surface area contributed by atoms with Gasteiger partial charge in [0.2, 0.25) is 11.8 Å². The molecule has 2 unspecified atom stereocenters. The van der Waals surface area contributed by atoms with Crippen molar-refractivity contribution >= 4 is 24.1 Å². The molecule has 10 heteroatoms. The molecule has 1 heterocycles. The molecule has 4 N–H and O–H groups in total. The molecule has 10 nitrogen and oxygen atoms in total. The molecule has 1 aromatic heterocycles. The van der Waals surface area contributed by atoms with E-state index in [0.29, 0.717) is 17.4 Å². The molecule has 4 aliphatic carbocycles. The lowest BCUT2D eigenvalue weighted by Crippen LogP contribution is -2.63. The first-order valence-corrected chi connectivity index (χ1v) is 12.4. The van der Waals surface area contributed by atoms with Crippen LogP contribution in [0.3, 0.4) is 0 Å². The van der Waals surface area contributed by atoms with Gasteiger partial charge in [-0.15, -0.1) is 0 Å². The maximum Gasteiger partial charge on any atom is 0.405 e. The van der Waals surface area contributed by atoms with Crippen molar-refractivity contribution in [2.24, 2.45) is 23.5 Å². The number of amides is 3. The lowest BCUT2D eigenvalue weighted by molar-refractivity contribution is -0.137. The lowest BCUT2D eigenvalue weighted by Gasteiger charge is -2.58. The molecule has 3 amide bonds. The maximum atomic E-state index is 13.4. The number of nitrogens with one attached hydrogen (secondary N) is 2. The number of carbonyl (C=O) groups is 3. The number of nitrogens with two attached hydrogens (primary N) is 1. The quantitative estimate of drug-likeness (QED) is 0.516. The highest BCUT2D eigenvalue weighted by atomic mass is 16.6. The summed E-state index contributed by atoms with van der Waals surface area (Å²) in [4.78, 5) is 36.4. The second-order valence-corrected chi connectivity index (χ2v) is 11.3. The van der Waals surface area contributed by atoms with Crippen LogP contribution in [0.5, 0.6) is 5.88 Å². The molecular formula is C25H37N5O5. The molecule has 1 aromatic rings. The van der Waals surface area contributed by atoms with Gasteiger partial charge < -0.3 is 25.8 Å². The van der Waals surface area contributed by atoms with Crippen molar-refractivity contribution in [3.05, 3.63) is 17.8 Å². The predicted molar refractivity (Wildman–Crippen MR) is 129 cm³/mol. The fourth-order valence-electron chi connectivity index (χ4n) is 6.46. The van der Waals surface area contributed by atoms with Crippen molar-refractivity contribution in [2.45, 2.75) is 90.0 Å². The van der Waals surface area contributed by atoms with Crippen LogP contribution >= 0.6 is 0 Å². The molecule has 4 fully saturated rings. The van der Waals surface area contributed by atoms with E-state index in [-0.39, 0.29) is 35.8 Å². The monoisotopic (exact) mass is 487 g/mol. The Morgan fingerprint density at radius 2 is 1.89 bits per heavy atom. The highest BCUT2D eigenvalue weighted by Gasteiger charge is 2.57. The van der Waals surface area contributed by atoms with E-state index in [2.05, 4.69) is 15.7 Å². The summed E-state index contributed by atoms with van der Waals surface area (Å²) in [6.45, 7) is 8.98. The number of rotatable bonds is 8. The zero-order chi connectivity index (χ0) is 25.5. The third-order valence-corrected chi connectivity index (χ3v) is 7.30. The number of hydrogen-bond donors (Lipinski definition) is 3. The molecule has 2 atom stereocenters. The summed E-state index contributed by atoms with van der Waals surface area (Å²) in [5.41, 5.74) is 4.64. The smallest absolute Gasteiger partial charge is 0.405 e. The Labute approximate surface area is 206 Å². The number of hydrogen-bond acceptors (Lipinski definition) is 6. The third-order valence-electron chi connectivity index (χ3n) is 7.30. The minimum Gasteiger partial charge on any atom is -0.474 e. The van der Waals surface area contributed by atoms with E-state index in [1.807, 2.05) is 27.7 Å². The number of carbonyl (C=O) groups excluding carboxylic acids is 3. The van der Waals surface area contributed by atoms with Crippen molar-refractivity contribution in [3.8, 4) is 5.88 Å². The van der Waals surface area contributed by atoms with Gasteiger partial charge in [-0.2, -0.15) is 5.10 Å². The van der Waals surface area contributed by atoms with Gasteiger partial charge in [0.05, 0.1) is 17.8 Å². The molecule has 0 saturated heterocycles. The van der Waals surface area contributed by atoms with Crippen molar-refractivity contribution in [1.29, 1.82) is 0 Å². The van der Waals surface area contributed by atoms with Gasteiger partial charge in [-0.1, -0.05) is 0 Å². The average molecular weight is 488 g/mol. The molecule has 4 aliphatic rings. The fraction of sp³-hybridized carbons (Fsp3) is 0.680. The summed E-state index contributed by atoms with van der Waals surface area (Å²) in [6, 6.07) is 0.00754. The molecule has 5 rings (SSSR count). The van der Waals surface area contributed by atoms with Gasteiger partial charge in [0.1, 0.15) is 11.2 Å². The molecule has 35 heavy (non-hydrogen) atoms. The minimum absolute atomic E-state index is 0.00754. The Hall–Kier alpha value is -3.04. The van der Waals surface area contributed by atoms with Crippen LogP contribution in [0.25, 0.3) is 6.20 Å². The van der Waals surface area contributed by atoms with Crippen LogP contribution in [-0.2, 0) is 9.53 Å². The Morgan fingerprint density at radius 1 is 1.23 bits per heavy atom. The molecule has 0 radical (unpaired) electrons. The van der Waals surface area contributed by atoms with E-state index < -0.39 is 17.2 Å². The number of primary amides is 1. The van der Waals surface area contributed by atoms with Crippen LogP contribution < -0.4 is 21.1 Å². The first-order valence-electron chi connectivity index (χ1n) is 12.4. The standard InChI is InChI=1S/C25H37N5O5/c1-14(2)34-22-19(13-27-30(22)7-6-24(4,5)29-15(3)31)21(32)28-20-17-8-16-9-18(20)12-25(10-16,11-17)35-23(26)33/h6-7,13-14,16-18,20H,8-12H2,1-5H3,(H2,26,33)(H,28,32)(H,29,31)/b7-6+. The summed E-state index contributed by atoms with van der Waals surface area (Å²) in [5, 5.41) is 10.5. The zero-order valence-electron chi connectivity index (χ0n) is 21.2. The van der Waals surface area contributed by atoms with Gasteiger partial charge in [-0.05, 0) is 83.6 Å². The summed E-state index contributed by atoms with van der Waals surface area (Å²) >= 11 is 0. The molecule has 0 spiro atoms. The second-order valence-electron chi connectivity index (χ2n) is 11.3. The van der Waals surface area contributed by atoms with Gasteiger partial charge in [0, 0.05) is 19.2 Å². The van der Waals surface area contributed by atoms with Crippen molar-refractivity contribution in [3.63, 3.8) is 0 Å². The zero-order valence-corrected chi connectivity index (χ0v) is 21.2. The van der Waals surface area contributed by atoms with Crippen LogP contribution in [0, 0.1) is 17.8 Å². The van der Waals surface area contributed by atoms with E-state index in [0.717, 1.165) is 32.1 Å². The third kappa shape index (κ3) is 5.46. The summed E-state index contributed by atoms with van der Waals surface area (Å²) < 4.78 is 13.1. The lowest BCUT2D eigenvalue weighted by atomic mass is 9.52. The van der Waals surface area contributed by atoms with Crippen molar-refractivity contribution < 1.29 is 23.9 Å². The largest absolute Gasteiger partial charge is 0.474 e. The maximum absolute atomic E-state index is 13.4. The second kappa shape index (κ2) is 9.20. The Morgan fingerprint density at radius 3 is 2.46 bits per heavy atom. The first kappa shape index (κ1) is 25.1. The number of ether oxygens (including phenoxy) is 2. The molecule has 192 valence electrons. The van der Waals surface area contributed by atoms with E-state index >= 15 is 0 Å². The van der Waals surface area contributed by atoms with Crippen LogP contribution in [0.2, 0.25) is 0 Å². The molecule has 0 aromatic carbocycles. The van der Waals surface area contributed by atoms with Gasteiger partial charge in [-0.25, -0.2) is 9.48 Å². The molecular weight excluding hydrogens is 450 g/mol. The Balaban J connectivity index is 1.52. The average Bonchev–Trinajstić information content (AvgIpc) is 3.08. The van der Waals surface area contributed by atoms with Crippen molar-refractivity contribution in [2.75, 3.05) is 0 Å². The van der Waals surface area contributed by atoms with Gasteiger partial charge in [-0.3, -0.25) is 9.59 Å².